The topological polar surface area (TPSA) is 49.4 Å². The van der Waals surface area contributed by atoms with Gasteiger partial charge in [0.25, 0.3) is 0 Å². The number of carboxylic acids is 1. The minimum Gasteiger partial charge on any atom is -0.550 e. The van der Waals surface area contributed by atoms with E-state index in [-0.39, 0.29) is 20.4 Å². The molecule has 2 aromatic rings. The Morgan fingerprint density at radius 1 is 1.06 bits per heavy atom. The molecule has 0 aliphatic rings. The molecule has 0 fully saturated rings. The molecule has 96 valence electrons. The zero-order valence-electron chi connectivity index (χ0n) is 9.74. The average molecular weight is 335 g/mol. The van der Waals surface area contributed by atoms with Gasteiger partial charge in [0.15, 0.2) is 0 Å². The van der Waals surface area contributed by atoms with Crippen molar-refractivity contribution in [3.05, 3.63) is 60.7 Å². The molecule has 0 atom stereocenters. The summed E-state index contributed by atoms with van der Waals surface area (Å²) in [5.41, 5.74) is 0. The Morgan fingerprint density at radius 2 is 1.50 bits per heavy atom. The normalized spacial score (nSPS) is 8.28. The number of carboxylic acid groups (broad SMARTS) is 1. The molecule has 0 aromatic heterocycles. The number of rotatable bonds is 2. The summed E-state index contributed by atoms with van der Waals surface area (Å²) in [7, 11) is 0. The second-order valence-electron chi connectivity index (χ2n) is 3.14. The first-order chi connectivity index (χ1) is 8.18. The van der Waals surface area contributed by atoms with Gasteiger partial charge in [-0.1, -0.05) is 18.2 Å². The molecule has 0 aliphatic carbocycles. The van der Waals surface area contributed by atoms with Crippen LogP contribution >= 0.6 is 0 Å². The van der Waals surface area contributed by atoms with Gasteiger partial charge in [-0.3, -0.25) is 0 Å². The number of carbonyl (C=O) groups is 1. The molecule has 0 heterocycles. The first kappa shape index (κ1) is 16.4. The standard InChI is InChI=1S/C12H9O.C2H4O2.Pd/c1-3-7-11(8-4-1)13-12-9-5-2-6-10-12;1-2(3)4;/h1,3-10H;1H3,(H,3,4);/q-1;;+2/p-1. The van der Waals surface area contributed by atoms with E-state index in [0.29, 0.717) is 0 Å². The zero-order valence-corrected chi connectivity index (χ0v) is 11.3. The van der Waals surface area contributed by atoms with Gasteiger partial charge in [-0.25, -0.2) is 0 Å². The fourth-order valence-corrected chi connectivity index (χ4v) is 1.06. The quantitative estimate of drug-likeness (QED) is 0.624. The molecule has 18 heavy (non-hydrogen) atoms. The van der Waals surface area contributed by atoms with Crippen molar-refractivity contribution in [1.29, 1.82) is 0 Å². The van der Waals surface area contributed by atoms with Crippen molar-refractivity contribution in [2.24, 2.45) is 0 Å². The van der Waals surface area contributed by atoms with Crippen molar-refractivity contribution in [3.8, 4) is 11.5 Å². The molecule has 4 heteroatoms. The van der Waals surface area contributed by atoms with Gasteiger partial charge in [0.05, 0.1) is 0 Å². The molecule has 0 unspecified atom stereocenters. The van der Waals surface area contributed by atoms with Crippen molar-refractivity contribution in [2.45, 2.75) is 6.92 Å². The molecule has 0 amide bonds. The number of hydrogen-bond donors (Lipinski definition) is 0. The fourth-order valence-electron chi connectivity index (χ4n) is 1.06. The van der Waals surface area contributed by atoms with Gasteiger partial charge in [-0.05, 0) is 19.1 Å². The predicted octanol–water partition coefficient (Wildman–Crippen LogP) is 2.03. The Morgan fingerprint density at radius 3 is 2.00 bits per heavy atom. The second-order valence-corrected chi connectivity index (χ2v) is 3.14. The summed E-state index contributed by atoms with van der Waals surface area (Å²) in [4.78, 5) is 8.89. The summed E-state index contributed by atoms with van der Waals surface area (Å²) in [6.45, 7) is 0.972. The summed E-state index contributed by atoms with van der Waals surface area (Å²) in [6.07, 6.45) is 0. The third-order valence-electron chi connectivity index (χ3n) is 1.67. The third kappa shape index (κ3) is 7.61. The largest absolute Gasteiger partial charge is 2.00 e. The van der Waals surface area contributed by atoms with E-state index in [1.54, 1.807) is 0 Å². The molecule has 0 aliphatic heterocycles. The van der Waals surface area contributed by atoms with Crippen LogP contribution in [0.3, 0.4) is 0 Å². The van der Waals surface area contributed by atoms with E-state index in [1.807, 2.05) is 54.6 Å². The molecule has 0 N–H and O–H groups in total. The number of benzene rings is 2. The van der Waals surface area contributed by atoms with E-state index in [4.69, 9.17) is 14.6 Å². The minimum atomic E-state index is -1.08. The summed E-state index contributed by atoms with van der Waals surface area (Å²) < 4.78 is 5.56. The smallest absolute Gasteiger partial charge is 0.550 e. The number of ether oxygens (including phenoxy) is 1. The Kier molecular flexibility index (Phi) is 8.56. The second kappa shape index (κ2) is 9.41. The maximum Gasteiger partial charge on any atom is 2.00 e. The van der Waals surface area contributed by atoms with Crippen LogP contribution in [0.15, 0.2) is 54.6 Å². The van der Waals surface area contributed by atoms with Crippen LogP contribution in [0.1, 0.15) is 6.92 Å². The van der Waals surface area contributed by atoms with Crippen LogP contribution in [0.4, 0.5) is 0 Å². The van der Waals surface area contributed by atoms with Crippen LogP contribution in [-0.2, 0) is 25.2 Å². The van der Waals surface area contributed by atoms with Gasteiger partial charge in [0.2, 0.25) is 0 Å². The SMILES string of the molecule is CC(=O)[O-].[Pd+2].[c-]1ccc(Oc2ccccc2)cc1. The molecular formula is C14H12O3Pd. The van der Waals surface area contributed by atoms with Crippen LogP contribution in [0.2, 0.25) is 0 Å². The first-order valence-corrected chi connectivity index (χ1v) is 5.05. The average Bonchev–Trinajstić information content (AvgIpc) is 2.31. The van der Waals surface area contributed by atoms with Crippen LogP contribution in [-0.4, -0.2) is 5.97 Å². The maximum absolute atomic E-state index is 8.89. The first-order valence-electron chi connectivity index (χ1n) is 5.05. The monoisotopic (exact) mass is 334 g/mol. The third-order valence-corrected chi connectivity index (χ3v) is 1.67. The van der Waals surface area contributed by atoms with Gasteiger partial charge in [-0.15, -0.1) is 12.1 Å². The zero-order chi connectivity index (χ0) is 12.5. The summed E-state index contributed by atoms with van der Waals surface area (Å²) in [5.74, 6) is 0.610. The van der Waals surface area contributed by atoms with Gasteiger partial charge < -0.3 is 14.6 Å². The van der Waals surface area contributed by atoms with Crippen molar-refractivity contribution in [1.82, 2.24) is 0 Å². The minimum absolute atomic E-state index is 0. The number of para-hydroxylation sites is 1. The number of aliphatic carboxylic acids is 1. The summed E-state index contributed by atoms with van der Waals surface area (Å²) in [5, 5.41) is 8.89. The number of hydrogen-bond acceptors (Lipinski definition) is 3. The Bertz CT molecular complexity index is 402. The van der Waals surface area contributed by atoms with Gasteiger partial charge >= 0.3 is 20.4 Å². The Labute approximate surface area is 120 Å². The molecule has 3 nitrogen and oxygen atoms in total. The van der Waals surface area contributed by atoms with Crippen molar-refractivity contribution >= 4 is 5.97 Å². The molecular weight excluding hydrogens is 323 g/mol. The van der Waals surface area contributed by atoms with E-state index in [9.17, 15) is 0 Å². The van der Waals surface area contributed by atoms with Crippen LogP contribution in [0.25, 0.3) is 0 Å². The van der Waals surface area contributed by atoms with Gasteiger partial charge in [-0.2, -0.15) is 18.2 Å². The molecule has 2 aromatic carbocycles. The van der Waals surface area contributed by atoms with Crippen LogP contribution < -0.4 is 9.84 Å². The van der Waals surface area contributed by atoms with Crippen LogP contribution in [0, 0.1) is 6.07 Å². The van der Waals surface area contributed by atoms with Crippen LogP contribution in [0.5, 0.6) is 11.5 Å². The van der Waals surface area contributed by atoms with Gasteiger partial charge in [0.1, 0.15) is 5.75 Å². The van der Waals surface area contributed by atoms with E-state index in [0.717, 1.165) is 18.4 Å². The Balaban J connectivity index is 0.000000512. The molecule has 2 rings (SSSR count). The van der Waals surface area contributed by atoms with E-state index < -0.39 is 5.97 Å². The summed E-state index contributed by atoms with van der Waals surface area (Å²) >= 11 is 0. The molecule has 0 saturated carbocycles. The maximum atomic E-state index is 8.89. The molecule has 0 spiro atoms. The summed E-state index contributed by atoms with van der Waals surface area (Å²) in [6, 6.07) is 20.1. The fraction of sp³-hybridized carbons (Fsp3) is 0.0714. The molecule has 0 saturated heterocycles. The molecule has 0 radical (unpaired) electrons. The Hall–Kier alpha value is -1.63. The number of carbonyl (C=O) groups excluding carboxylic acids is 1. The van der Waals surface area contributed by atoms with E-state index in [1.165, 1.54) is 0 Å². The van der Waals surface area contributed by atoms with E-state index >= 15 is 0 Å². The molecule has 0 bridgehead atoms. The predicted molar refractivity (Wildman–Crippen MR) is 62.5 cm³/mol. The van der Waals surface area contributed by atoms with Crippen molar-refractivity contribution < 1.29 is 35.1 Å². The van der Waals surface area contributed by atoms with E-state index in [2.05, 4.69) is 6.07 Å². The van der Waals surface area contributed by atoms with Crippen molar-refractivity contribution in [2.75, 3.05) is 0 Å². The van der Waals surface area contributed by atoms with Gasteiger partial charge in [0, 0.05) is 11.7 Å². The van der Waals surface area contributed by atoms with Crippen molar-refractivity contribution in [3.63, 3.8) is 0 Å².